The molecule has 1 atom stereocenters. The summed E-state index contributed by atoms with van der Waals surface area (Å²) in [6.45, 7) is 9.58. The molecule has 2 nitrogen and oxygen atoms in total. The van der Waals surface area contributed by atoms with Crippen molar-refractivity contribution >= 4 is 5.82 Å². The van der Waals surface area contributed by atoms with Crippen LogP contribution in [0.2, 0.25) is 0 Å². The van der Waals surface area contributed by atoms with Crippen molar-refractivity contribution < 1.29 is 0 Å². The van der Waals surface area contributed by atoms with Crippen molar-refractivity contribution in [3.8, 4) is 0 Å². The summed E-state index contributed by atoms with van der Waals surface area (Å²) >= 11 is 0. The van der Waals surface area contributed by atoms with Crippen LogP contribution in [0.25, 0.3) is 0 Å². The molecule has 6 rings (SSSR count). The molecule has 0 N–H and O–H groups in total. The minimum Gasteiger partial charge on any atom is -0.348 e. The van der Waals surface area contributed by atoms with Crippen LogP contribution >= 0.6 is 0 Å². The molecule has 0 amide bonds. The zero-order valence-corrected chi connectivity index (χ0v) is 15.0. The van der Waals surface area contributed by atoms with Gasteiger partial charge in [-0.3, -0.25) is 0 Å². The van der Waals surface area contributed by atoms with Crippen LogP contribution < -0.4 is 4.90 Å². The first-order chi connectivity index (χ1) is 10.9. The summed E-state index contributed by atoms with van der Waals surface area (Å²) in [6, 6.07) is 5.19. The maximum Gasteiger partial charge on any atom is 0.133 e. The predicted molar refractivity (Wildman–Crippen MR) is 94.7 cm³/mol. The van der Waals surface area contributed by atoms with Crippen molar-refractivity contribution in [2.45, 2.75) is 76.8 Å². The summed E-state index contributed by atoms with van der Waals surface area (Å²) in [7, 11) is 0. The van der Waals surface area contributed by atoms with Crippen LogP contribution in [0.3, 0.4) is 0 Å². The fourth-order valence-corrected chi connectivity index (χ4v) is 7.53. The van der Waals surface area contributed by atoms with E-state index >= 15 is 0 Å². The Bertz CT molecular complexity index is 613. The molecule has 0 saturated heterocycles. The van der Waals surface area contributed by atoms with Crippen molar-refractivity contribution in [1.29, 1.82) is 0 Å². The normalized spacial score (nSPS) is 44.2. The molecule has 1 aromatic rings. The third-order valence-electron chi connectivity index (χ3n) is 7.77. The molecule has 4 saturated carbocycles. The van der Waals surface area contributed by atoms with Crippen LogP contribution in [0.5, 0.6) is 0 Å². The van der Waals surface area contributed by atoms with Crippen molar-refractivity contribution in [2.75, 3.05) is 4.90 Å². The molecular weight excluding hydrogens is 280 g/mol. The molecule has 4 aliphatic carbocycles. The summed E-state index contributed by atoms with van der Waals surface area (Å²) < 4.78 is 0. The van der Waals surface area contributed by atoms with Crippen LogP contribution in [0.15, 0.2) is 18.3 Å². The minimum absolute atomic E-state index is 0.140. The van der Waals surface area contributed by atoms with Gasteiger partial charge in [0.15, 0.2) is 0 Å². The smallest absolute Gasteiger partial charge is 0.133 e. The lowest BCUT2D eigenvalue weighted by molar-refractivity contribution is -0.0675. The van der Waals surface area contributed by atoms with Gasteiger partial charge in [-0.2, -0.15) is 0 Å². The van der Waals surface area contributed by atoms with E-state index in [-0.39, 0.29) is 5.54 Å². The zero-order valence-electron chi connectivity index (χ0n) is 15.0. The third kappa shape index (κ3) is 1.63. The fraction of sp³-hybridized carbons (Fsp3) is 0.762. The first kappa shape index (κ1) is 14.3. The van der Waals surface area contributed by atoms with Gasteiger partial charge in [0.25, 0.3) is 0 Å². The minimum atomic E-state index is 0.140. The number of hydrogen-bond acceptors (Lipinski definition) is 2. The van der Waals surface area contributed by atoms with E-state index in [9.17, 15) is 0 Å². The highest BCUT2D eigenvalue weighted by atomic mass is 15.3. The molecule has 0 radical (unpaired) electrons. The monoisotopic (exact) mass is 310 g/mol. The second-order valence-electron chi connectivity index (χ2n) is 9.83. The lowest BCUT2D eigenvalue weighted by Gasteiger charge is -2.62. The fourth-order valence-electron chi connectivity index (χ4n) is 7.53. The molecule has 23 heavy (non-hydrogen) atoms. The van der Waals surface area contributed by atoms with Crippen molar-refractivity contribution in [2.24, 2.45) is 23.7 Å². The van der Waals surface area contributed by atoms with Crippen LogP contribution in [-0.2, 0) is 5.41 Å². The van der Waals surface area contributed by atoms with Gasteiger partial charge in [-0.15, -0.1) is 0 Å². The molecule has 0 unspecified atom stereocenters. The SMILES string of the molecule is C[C@@H]1N(C(C)(C)C)c2ncccc2C12C1CC3CC(C1)CC2C3. The Balaban J connectivity index is 1.72. The van der Waals surface area contributed by atoms with Gasteiger partial charge in [0.1, 0.15) is 5.82 Å². The highest BCUT2D eigenvalue weighted by Gasteiger charge is 2.65. The van der Waals surface area contributed by atoms with Crippen molar-refractivity contribution in [1.82, 2.24) is 4.98 Å². The molecule has 2 heteroatoms. The number of aromatic nitrogens is 1. The Morgan fingerprint density at radius 2 is 1.65 bits per heavy atom. The van der Waals surface area contributed by atoms with E-state index in [1.165, 1.54) is 37.9 Å². The lowest BCUT2D eigenvalue weighted by Crippen LogP contribution is -2.62. The Hall–Kier alpha value is -1.05. The molecule has 0 aromatic carbocycles. The van der Waals surface area contributed by atoms with Gasteiger partial charge in [-0.05, 0) is 89.5 Å². The summed E-state index contributed by atoms with van der Waals surface area (Å²) in [5.41, 5.74) is 2.11. The van der Waals surface area contributed by atoms with Gasteiger partial charge in [0.05, 0.1) is 0 Å². The van der Waals surface area contributed by atoms with E-state index in [0.717, 1.165) is 23.7 Å². The maximum atomic E-state index is 4.89. The highest BCUT2D eigenvalue weighted by Crippen LogP contribution is 2.68. The molecule has 1 aliphatic heterocycles. The first-order valence-electron chi connectivity index (χ1n) is 9.67. The molecule has 1 aromatic heterocycles. The van der Waals surface area contributed by atoms with Crippen LogP contribution in [0.1, 0.15) is 65.4 Å². The average molecular weight is 310 g/mol. The van der Waals surface area contributed by atoms with Gasteiger partial charge in [-0.1, -0.05) is 6.07 Å². The highest BCUT2D eigenvalue weighted by molar-refractivity contribution is 5.62. The van der Waals surface area contributed by atoms with E-state index < -0.39 is 0 Å². The number of nitrogens with zero attached hydrogens (tertiary/aromatic N) is 2. The second-order valence-corrected chi connectivity index (χ2v) is 9.83. The zero-order chi connectivity index (χ0) is 16.0. The van der Waals surface area contributed by atoms with Gasteiger partial charge in [-0.25, -0.2) is 4.98 Å². The largest absolute Gasteiger partial charge is 0.348 e. The predicted octanol–water partition coefficient (Wildman–Crippen LogP) is 4.78. The van der Waals surface area contributed by atoms with E-state index in [2.05, 4.69) is 44.7 Å². The Labute approximate surface area is 140 Å². The number of pyridine rings is 1. The maximum absolute atomic E-state index is 4.89. The molecule has 4 bridgehead atoms. The van der Waals surface area contributed by atoms with Crippen LogP contribution in [-0.4, -0.2) is 16.6 Å². The topological polar surface area (TPSA) is 16.1 Å². The Kier molecular flexibility index (Phi) is 2.69. The van der Waals surface area contributed by atoms with Gasteiger partial charge in [0.2, 0.25) is 0 Å². The first-order valence-corrected chi connectivity index (χ1v) is 9.67. The number of fused-ring (bicyclic) bond motifs is 1. The summed E-state index contributed by atoms with van der Waals surface area (Å²) in [5.74, 6) is 5.13. The third-order valence-corrected chi connectivity index (χ3v) is 7.77. The standard InChI is InChI=1S/C21H30N2/c1-13-21(16-9-14-8-15(11-16)12-17(21)10-14)18-6-5-7-22-19(18)23(13)20(2,3)4/h5-7,13-17H,8-12H2,1-4H3/t13-,14?,15?,16?,17?,21?/m0/s1. The Morgan fingerprint density at radius 3 is 2.22 bits per heavy atom. The van der Waals surface area contributed by atoms with Crippen molar-refractivity contribution in [3.05, 3.63) is 23.9 Å². The number of anilines is 1. The molecule has 4 fully saturated rings. The van der Waals surface area contributed by atoms with Gasteiger partial charge < -0.3 is 4.90 Å². The second kappa shape index (κ2) is 4.32. The summed E-state index contributed by atoms with van der Waals surface area (Å²) in [5, 5.41) is 0. The van der Waals surface area contributed by atoms with Gasteiger partial charge in [0, 0.05) is 28.8 Å². The molecular formula is C21H30N2. The molecule has 124 valence electrons. The van der Waals surface area contributed by atoms with Crippen molar-refractivity contribution in [3.63, 3.8) is 0 Å². The summed E-state index contributed by atoms with van der Waals surface area (Å²) in [6.07, 6.45) is 9.43. The molecule has 5 aliphatic rings. The number of hydrogen-bond donors (Lipinski definition) is 0. The number of rotatable bonds is 0. The summed E-state index contributed by atoms with van der Waals surface area (Å²) in [4.78, 5) is 7.55. The van der Waals surface area contributed by atoms with Crippen LogP contribution in [0, 0.1) is 23.7 Å². The van der Waals surface area contributed by atoms with E-state index in [1.807, 2.05) is 6.20 Å². The van der Waals surface area contributed by atoms with E-state index in [4.69, 9.17) is 4.98 Å². The molecule has 1 spiro atoms. The quantitative estimate of drug-likeness (QED) is 0.685. The average Bonchev–Trinajstić information content (AvgIpc) is 2.73. The lowest BCUT2D eigenvalue weighted by atomic mass is 9.42. The van der Waals surface area contributed by atoms with E-state index in [1.54, 1.807) is 5.56 Å². The van der Waals surface area contributed by atoms with Gasteiger partial charge >= 0.3 is 0 Å². The van der Waals surface area contributed by atoms with E-state index in [0.29, 0.717) is 11.5 Å². The van der Waals surface area contributed by atoms with Crippen LogP contribution in [0.4, 0.5) is 5.82 Å². The molecule has 2 heterocycles. The Morgan fingerprint density at radius 1 is 1.04 bits per heavy atom.